The third-order valence-electron chi connectivity index (χ3n) is 7.38. The highest BCUT2D eigenvalue weighted by atomic mass is 16.5. The first kappa shape index (κ1) is 27.8. The van der Waals surface area contributed by atoms with Crippen molar-refractivity contribution in [2.45, 2.75) is 44.2 Å². The van der Waals surface area contributed by atoms with E-state index in [0.717, 1.165) is 11.1 Å². The molecule has 1 fully saturated rings. The summed E-state index contributed by atoms with van der Waals surface area (Å²) in [6.45, 7) is 0.341. The van der Waals surface area contributed by atoms with Crippen LogP contribution in [-0.2, 0) is 32.1 Å². The van der Waals surface area contributed by atoms with Gasteiger partial charge in [0.15, 0.2) is 0 Å². The molecule has 0 spiro atoms. The number of hydrogen-bond acceptors (Lipinski definition) is 9. The standard InChI is InChI=1S/C25H28B2N4O9/c28-9-17(8-22(32)33)29-24(35)21-7-18(30-23(34)13-1-3-15-11-39-26(37)19(15)5-13)10-31(21)25(36)14-2-4-16-12-40-27(38)20(16)6-14/h1-6,17-18,21,37-38H,7-12,28H2,(H,29,35)(H,30,34)(H,32,33)/t17-,18+,21-/m0/s1. The van der Waals surface area contributed by atoms with E-state index in [-0.39, 0.29) is 50.3 Å². The largest absolute Gasteiger partial charge is 0.491 e. The van der Waals surface area contributed by atoms with E-state index in [2.05, 4.69) is 10.6 Å². The Kier molecular flexibility index (Phi) is 7.92. The van der Waals surface area contributed by atoms with Crippen LogP contribution in [-0.4, -0.2) is 89.2 Å². The topological polar surface area (TPSA) is 201 Å². The molecule has 3 aliphatic heterocycles. The Morgan fingerprint density at radius 2 is 1.60 bits per heavy atom. The van der Waals surface area contributed by atoms with Crippen LogP contribution in [0.15, 0.2) is 36.4 Å². The van der Waals surface area contributed by atoms with Crippen molar-refractivity contribution in [3.63, 3.8) is 0 Å². The van der Waals surface area contributed by atoms with Crippen molar-refractivity contribution >= 4 is 48.9 Å². The summed E-state index contributed by atoms with van der Waals surface area (Å²) in [4.78, 5) is 52.5. The molecule has 7 N–H and O–H groups in total. The van der Waals surface area contributed by atoms with Gasteiger partial charge in [-0.3, -0.25) is 19.2 Å². The van der Waals surface area contributed by atoms with Crippen LogP contribution in [0.25, 0.3) is 0 Å². The second-order valence-corrected chi connectivity index (χ2v) is 10.1. The van der Waals surface area contributed by atoms with E-state index in [9.17, 15) is 29.2 Å². The van der Waals surface area contributed by atoms with Crippen molar-refractivity contribution in [1.82, 2.24) is 15.5 Å². The van der Waals surface area contributed by atoms with Crippen LogP contribution in [0.5, 0.6) is 0 Å². The molecule has 2 aromatic rings. The summed E-state index contributed by atoms with van der Waals surface area (Å²) in [5, 5.41) is 34.7. The molecule has 40 heavy (non-hydrogen) atoms. The second-order valence-electron chi connectivity index (χ2n) is 10.1. The van der Waals surface area contributed by atoms with Crippen LogP contribution < -0.4 is 27.3 Å². The number of amides is 3. The SMILES string of the molecule is NC[C@H](CC(=O)O)NC(=O)[C@@H]1C[C@@H](NC(=O)c2ccc3c(c2)B(O)OC3)CN1C(=O)c1ccc2c(c1)B(O)OC2. The smallest absolute Gasteiger partial charge is 0.481 e. The molecular weight excluding hydrogens is 522 g/mol. The van der Waals surface area contributed by atoms with Crippen molar-refractivity contribution in [3.8, 4) is 0 Å². The number of nitrogens with two attached hydrogens (primary N) is 1. The number of carbonyl (C=O) groups is 4. The summed E-state index contributed by atoms with van der Waals surface area (Å²) >= 11 is 0. The number of carbonyl (C=O) groups excluding carboxylic acids is 3. The number of benzene rings is 2. The normalized spacial score (nSPS) is 20.2. The van der Waals surface area contributed by atoms with Crippen molar-refractivity contribution in [2.75, 3.05) is 13.1 Å². The van der Waals surface area contributed by atoms with Crippen LogP contribution in [0.4, 0.5) is 0 Å². The molecule has 13 nitrogen and oxygen atoms in total. The summed E-state index contributed by atoms with van der Waals surface area (Å²) in [6.07, 6.45) is -0.319. The van der Waals surface area contributed by atoms with Gasteiger partial charge in [0.25, 0.3) is 11.8 Å². The summed E-state index contributed by atoms with van der Waals surface area (Å²) in [6, 6.07) is 7.13. The van der Waals surface area contributed by atoms with Crippen molar-refractivity contribution in [1.29, 1.82) is 0 Å². The average molecular weight is 550 g/mol. The lowest BCUT2D eigenvalue weighted by Crippen LogP contribution is -2.51. The molecule has 1 saturated heterocycles. The number of carboxylic acid groups (broad SMARTS) is 1. The zero-order valence-corrected chi connectivity index (χ0v) is 21.4. The zero-order chi connectivity index (χ0) is 28.6. The first-order valence-electron chi connectivity index (χ1n) is 12.8. The van der Waals surface area contributed by atoms with E-state index < -0.39 is 56.1 Å². The molecule has 208 valence electrons. The van der Waals surface area contributed by atoms with Crippen LogP contribution in [0.3, 0.4) is 0 Å². The molecular formula is C25H28B2N4O9. The van der Waals surface area contributed by atoms with Gasteiger partial charge in [0.2, 0.25) is 5.91 Å². The first-order valence-corrected chi connectivity index (χ1v) is 12.8. The van der Waals surface area contributed by atoms with Gasteiger partial charge >= 0.3 is 20.2 Å². The molecule has 0 aliphatic carbocycles. The Balaban J connectivity index is 1.36. The Bertz CT molecular complexity index is 1360. The minimum absolute atomic E-state index is 0.00168. The highest BCUT2D eigenvalue weighted by Crippen LogP contribution is 2.23. The maximum atomic E-state index is 13.6. The van der Waals surface area contributed by atoms with E-state index in [0.29, 0.717) is 10.9 Å². The minimum atomic E-state index is -1.16. The van der Waals surface area contributed by atoms with Gasteiger partial charge in [-0.15, -0.1) is 0 Å². The van der Waals surface area contributed by atoms with Gasteiger partial charge in [0.05, 0.1) is 25.7 Å². The molecule has 2 aromatic carbocycles. The third kappa shape index (κ3) is 5.60. The van der Waals surface area contributed by atoms with Crippen molar-refractivity contribution in [2.24, 2.45) is 5.73 Å². The lowest BCUT2D eigenvalue weighted by Gasteiger charge is -2.26. The van der Waals surface area contributed by atoms with Gasteiger partial charge in [-0.25, -0.2) is 0 Å². The summed E-state index contributed by atoms with van der Waals surface area (Å²) in [7, 11) is -2.28. The van der Waals surface area contributed by atoms with E-state index in [4.69, 9.17) is 20.1 Å². The van der Waals surface area contributed by atoms with Crippen LogP contribution in [0.2, 0.25) is 0 Å². The van der Waals surface area contributed by atoms with Crippen LogP contribution in [0.1, 0.15) is 44.7 Å². The number of nitrogens with zero attached hydrogens (tertiary/aromatic N) is 1. The highest BCUT2D eigenvalue weighted by molar-refractivity contribution is 6.62. The molecule has 5 rings (SSSR count). The number of hydrogen-bond donors (Lipinski definition) is 6. The van der Waals surface area contributed by atoms with E-state index >= 15 is 0 Å². The van der Waals surface area contributed by atoms with Crippen molar-refractivity contribution in [3.05, 3.63) is 58.7 Å². The number of fused-ring (bicyclic) bond motifs is 2. The monoisotopic (exact) mass is 550 g/mol. The van der Waals surface area contributed by atoms with Crippen LogP contribution in [0, 0.1) is 0 Å². The minimum Gasteiger partial charge on any atom is -0.481 e. The predicted molar refractivity (Wildman–Crippen MR) is 142 cm³/mol. The fourth-order valence-corrected chi connectivity index (χ4v) is 5.25. The fourth-order valence-electron chi connectivity index (χ4n) is 5.25. The Hall–Kier alpha value is -3.75. The Morgan fingerprint density at radius 1 is 1.00 bits per heavy atom. The summed E-state index contributed by atoms with van der Waals surface area (Å²) in [5.74, 6) is -2.68. The Labute approximate surface area is 229 Å². The predicted octanol–water partition coefficient (Wildman–Crippen LogP) is -2.95. The molecule has 3 heterocycles. The van der Waals surface area contributed by atoms with Gasteiger partial charge in [0.1, 0.15) is 6.04 Å². The lowest BCUT2D eigenvalue weighted by molar-refractivity contribution is -0.137. The van der Waals surface area contributed by atoms with E-state index in [1.165, 1.54) is 11.0 Å². The number of carboxylic acids is 1. The number of rotatable bonds is 8. The quantitative estimate of drug-likeness (QED) is 0.185. The Morgan fingerprint density at radius 3 is 2.20 bits per heavy atom. The number of likely N-dealkylation sites (tertiary alicyclic amines) is 1. The van der Waals surface area contributed by atoms with E-state index in [1.807, 2.05) is 0 Å². The van der Waals surface area contributed by atoms with Crippen LogP contribution >= 0.6 is 0 Å². The van der Waals surface area contributed by atoms with E-state index in [1.54, 1.807) is 30.3 Å². The molecule has 0 aromatic heterocycles. The molecule has 0 bridgehead atoms. The van der Waals surface area contributed by atoms with Gasteiger partial charge < -0.3 is 45.7 Å². The highest BCUT2D eigenvalue weighted by Gasteiger charge is 2.42. The molecule has 0 radical (unpaired) electrons. The molecule has 3 atom stereocenters. The molecule has 3 amide bonds. The molecule has 3 aliphatic rings. The van der Waals surface area contributed by atoms with Gasteiger partial charge in [-0.2, -0.15) is 0 Å². The maximum absolute atomic E-state index is 13.6. The fraction of sp³-hybridized carbons (Fsp3) is 0.360. The summed E-state index contributed by atoms with van der Waals surface area (Å²) in [5.41, 5.74) is 8.64. The van der Waals surface area contributed by atoms with Crippen molar-refractivity contribution < 1.29 is 43.6 Å². The molecule has 0 unspecified atom stereocenters. The second kappa shape index (κ2) is 11.4. The average Bonchev–Trinajstić information content (AvgIpc) is 3.64. The first-order chi connectivity index (χ1) is 19.1. The zero-order valence-electron chi connectivity index (χ0n) is 21.4. The van der Waals surface area contributed by atoms with Gasteiger partial charge in [-0.05, 0) is 52.7 Å². The maximum Gasteiger partial charge on any atom is 0.491 e. The molecule has 15 heteroatoms. The molecule has 0 saturated carbocycles. The number of nitrogens with one attached hydrogen (secondary N) is 2. The van der Waals surface area contributed by atoms with Gasteiger partial charge in [0, 0.05) is 30.3 Å². The number of aliphatic carboxylic acids is 1. The van der Waals surface area contributed by atoms with Gasteiger partial charge in [-0.1, -0.05) is 12.1 Å². The third-order valence-corrected chi connectivity index (χ3v) is 7.38. The summed E-state index contributed by atoms with van der Waals surface area (Å²) < 4.78 is 10.4. The lowest BCUT2D eigenvalue weighted by atomic mass is 9.78.